The topological polar surface area (TPSA) is 127 Å². The Morgan fingerprint density at radius 1 is 0.500 bits per heavy atom. The molecule has 0 aliphatic carbocycles. The monoisotopic (exact) mass is 746 g/mol. The molecule has 8 nitrogen and oxygen atoms in total. The molecule has 12 heteroatoms. The van der Waals surface area contributed by atoms with E-state index in [1.54, 1.807) is 72.8 Å². The molecule has 0 saturated heterocycles. The molecule has 0 atom stereocenters. The number of aromatic nitrogens is 4. The van der Waals surface area contributed by atoms with Crippen molar-refractivity contribution in [2.75, 3.05) is 5.73 Å². The molecule has 4 aromatic carbocycles. The van der Waals surface area contributed by atoms with Crippen LogP contribution >= 0.6 is 0 Å². The van der Waals surface area contributed by atoms with Gasteiger partial charge in [-0.25, -0.2) is 27.5 Å². The Morgan fingerprint density at radius 2 is 0.857 bits per heavy atom. The molecule has 0 spiro atoms. The number of fused-ring (bicyclic) bond motifs is 8. The molecule has 272 valence electrons. The Kier molecular flexibility index (Phi) is 8.16. The molecular formula is C44H26F4N6O2. The fourth-order valence-corrected chi connectivity index (χ4v) is 7.34. The molecule has 0 amide bonds. The lowest BCUT2D eigenvalue weighted by molar-refractivity contribution is -0.382. The van der Waals surface area contributed by atoms with E-state index in [-0.39, 0.29) is 44.8 Å². The summed E-state index contributed by atoms with van der Waals surface area (Å²) < 4.78 is 59.6. The summed E-state index contributed by atoms with van der Waals surface area (Å²) in [6, 6.07) is 26.7. The van der Waals surface area contributed by atoms with Gasteiger partial charge in [0.15, 0.2) is 0 Å². The average Bonchev–Trinajstić information content (AvgIpc) is 3.99. The minimum absolute atomic E-state index is 0.0520. The van der Waals surface area contributed by atoms with Crippen molar-refractivity contribution in [3.05, 3.63) is 165 Å². The van der Waals surface area contributed by atoms with Crippen molar-refractivity contribution in [3.8, 4) is 44.5 Å². The molecular weight excluding hydrogens is 721 g/mol. The molecule has 3 aromatic heterocycles. The van der Waals surface area contributed by atoms with Gasteiger partial charge in [-0.2, -0.15) is 0 Å². The number of benzene rings is 4. The second-order valence-electron chi connectivity index (χ2n) is 13.2. The highest BCUT2D eigenvalue weighted by molar-refractivity contribution is 6.07. The van der Waals surface area contributed by atoms with Gasteiger partial charge < -0.3 is 15.7 Å². The number of hydrogen-bond donors (Lipinski definition) is 3. The van der Waals surface area contributed by atoms with Gasteiger partial charge in [0.1, 0.15) is 34.5 Å². The zero-order valence-electron chi connectivity index (χ0n) is 28.9. The van der Waals surface area contributed by atoms with Crippen molar-refractivity contribution in [1.82, 2.24) is 19.9 Å². The minimum Gasteiger partial charge on any atom is -0.391 e. The third-order valence-corrected chi connectivity index (χ3v) is 9.68. The molecule has 0 unspecified atom stereocenters. The van der Waals surface area contributed by atoms with Crippen LogP contribution in [0.2, 0.25) is 0 Å². The molecule has 8 bridgehead atoms. The van der Waals surface area contributed by atoms with Crippen LogP contribution in [0.4, 0.5) is 28.9 Å². The van der Waals surface area contributed by atoms with Crippen LogP contribution in [-0.4, -0.2) is 24.9 Å². The molecule has 0 saturated carbocycles. The number of nitro groups is 1. The lowest BCUT2D eigenvalue weighted by Crippen LogP contribution is -1.95. The van der Waals surface area contributed by atoms with Gasteiger partial charge in [-0.1, -0.05) is 48.5 Å². The molecule has 9 rings (SSSR count). The van der Waals surface area contributed by atoms with Crippen molar-refractivity contribution >= 4 is 57.7 Å². The summed E-state index contributed by atoms with van der Waals surface area (Å²) in [5, 5.41) is 13.0. The maximum atomic E-state index is 15.0. The molecule has 0 fully saturated rings. The van der Waals surface area contributed by atoms with Crippen molar-refractivity contribution in [2.45, 2.75) is 0 Å². The molecule has 0 radical (unpaired) electrons. The van der Waals surface area contributed by atoms with Gasteiger partial charge in [0.05, 0.1) is 33.2 Å². The van der Waals surface area contributed by atoms with Crippen LogP contribution in [0.15, 0.2) is 109 Å². The van der Waals surface area contributed by atoms with E-state index in [2.05, 4.69) is 9.97 Å². The second-order valence-corrected chi connectivity index (χ2v) is 13.2. The zero-order chi connectivity index (χ0) is 38.7. The van der Waals surface area contributed by atoms with E-state index in [4.69, 9.17) is 15.7 Å². The molecule has 2 aliphatic heterocycles. The van der Waals surface area contributed by atoms with E-state index in [1.165, 1.54) is 60.7 Å². The van der Waals surface area contributed by atoms with E-state index >= 15 is 0 Å². The largest absolute Gasteiger partial charge is 0.391 e. The van der Waals surface area contributed by atoms with Crippen LogP contribution in [0, 0.1) is 33.4 Å². The normalized spacial score (nSPS) is 12.0. The summed E-state index contributed by atoms with van der Waals surface area (Å²) in [5.41, 5.74) is 11.0. The number of anilines is 1. The van der Waals surface area contributed by atoms with Crippen molar-refractivity contribution < 1.29 is 22.5 Å². The van der Waals surface area contributed by atoms with Gasteiger partial charge in [0, 0.05) is 33.3 Å². The number of nitrogens with two attached hydrogens (primary N) is 1. The summed E-state index contributed by atoms with van der Waals surface area (Å²) in [6.07, 6.45) is 6.67. The Bertz CT molecular complexity index is 3040. The Labute approximate surface area is 315 Å². The average molecular weight is 747 g/mol. The number of aromatic amines is 2. The predicted molar refractivity (Wildman–Crippen MR) is 212 cm³/mol. The number of H-pyrrole nitrogens is 2. The van der Waals surface area contributed by atoms with Crippen LogP contribution in [0.3, 0.4) is 0 Å². The van der Waals surface area contributed by atoms with Crippen LogP contribution in [0.5, 0.6) is 0 Å². The van der Waals surface area contributed by atoms with Crippen molar-refractivity contribution in [3.63, 3.8) is 0 Å². The Balaban J connectivity index is 1.56. The standard InChI is InChI=1S/C44H26F4N6O2/c45-27-9-1-5-23(19-27)37-31-13-14-32(50-31)38(24-6-2-10-28(46)20-24)34-16-18-36(52-34)40(26-8-4-12-30(48)22-26)43-44(54(55)56)41(49)42(53-43)39(35-17-15-33(37)51-35)25-7-3-11-29(47)21-25/h1-22,50,53H,49H2. The van der Waals surface area contributed by atoms with E-state index in [0.717, 1.165) is 0 Å². The fourth-order valence-electron chi connectivity index (χ4n) is 7.34. The molecule has 7 aromatic rings. The second kappa shape index (κ2) is 13.4. The fraction of sp³-hybridized carbons (Fsp3) is 0. The van der Waals surface area contributed by atoms with Crippen LogP contribution in [-0.2, 0) is 0 Å². The molecule has 4 N–H and O–H groups in total. The first-order valence-corrected chi connectivity index (χ1v) is 17.3. The number of halogens is 4. The first kappa shape index (κ1) is 34.2. The van der Waals surface area contributed by atoms with Crippen LogP contribution < -0.4 is 5.73 Å². The lowest BCUT2D eigenvalue weighted by atomic mass is 10.0. The number of hydrogen-bond acceptors (Lipinski definition) is 5. The SMILES string of the molecule is Nc1c([N+](=O)[O-])c2[nH]c1c(-c1cccc(F)c1)c1nc(c(-c3cccc(F)c3)c3ccc([nH]3)c(-c3cccc(F)c3)c3nc(c2-c2cccc(F)c2)C=C3)C=C1. The van der Waals surface area contributed by atoms with E-state index in [0.29, 0.717) is 50.2 Å². The first-order valence-electron chi connectivity index (χ1n) is 17.3. The smallest absolute Gasteiger partial charge is 0.318 e. The predicted octanol–water partition coefficient (Wildman–Crippen LogP) is 11.4. The minimum atomic E-state index is -0.644. The highest BCUT2D eigenvalue weighted by Gasteiger charge is 2.28. The summed E-state index contributed by atoms with van der Waals surface area (Å²) in [4.78, 5) is 28.9. The van der Waals surface area contributed by atoms with Gasteiger partial charge in [-0.15, -0.1) is 0 Å². The van der Waals surface area contributed by atoms with Crippen LogP contribution in [0.25, 0.3) is 90.9 Å². The maximum absolute atomic E-state index is 15.0. The number of nitrogens with one attached hydrogen (secondary N) is 2. The molecule has 2 aliphatic rings. The van der Waals surface area contributed by atoms with E-state index < -0.39 is 33.9 Å². The van der Waals surface area contributed by atoms with E-state index in [9.17, 15) is 27.7 Å². The molecule has 5 heterocycles. The maximum Gasteiger partial charge on any atom is 0.318 e. The summed E-state index contributed by atoms with van der Waals surface area (Å²) in [7, 11) is 0. The van der Waals surface area contributed by atoms with Gasteiger partial charge in [0.2, 0.25) is 0 Å². The number of nitrogen functional groups attached to an aromatic ring is 1. The third-order valence-electron chi connectivity index (χ3n) is 9.68. The first-order chi connectivity index (χ1) is 27.1. The van der Waals surface area contributed by atoms with Gasteiger partial charge >= 0.3 is 5.69 Å². The van der Waals surface area contributed by atoms with Crippen LogP contribution in [0.1, 0.15) is 22.8 Å². The quantitative estimate of drug-likeness (QED) is 0.0918. The lowest BCUT2D eigenvalue weighted by Gasteiger charge is -2.07. The zero-order valence-corrected chi connectivity index (χ0v) is 28.9. The number of nitrogens with zero attached hydrogens (tertiary/aromatic N) is 3. The summed E-state index contributed by atoms with van der Waals surface area (Å²) in [6.45, 7) is 0. The number of rotatable bonds is 5. The Hall–Kier alpha value is -7.60. The van der Waals surface area contributed by atoms with Gasteiger partial charge in [0.25, 0.3) is 0 Å². The third kappa shape index (κ3) is 5.89. The van der Waals surface area contributed by atoms with Crippen molar-refractivity contribution in [1.29, 1.82) is 0 Å². The summed E-state index contributed by atoms with van der Waals surface area (Å²) in [5.74, 6) is -2.17. The van der Waals surface area contributed by atoms with Gasteiger partial charge in [-0.3, -0.25) is 10.1 Å². The van der Waals surface area contributed by atoms with E-state index in [1.807, 2.05) is 0 Å². The highest BCUT2D eigenvalue weighted by Crippen LogP contribution is 2.44. The highest BCUT2D eigenvalue weighted by atomic mass is 19.1. The Morgan fingerprint density at radius 3 is 1.23 bits per heavy atom. The van der Waals surface area contributed by atoms with Gasteiger partial charge in [-0.05, 0) is 107 Å². The van der Waals surface area contributed by atoms with Crippen molar-refractivity contribution in [2.24, 2.45) is 0 Å². The molecule has 56 heavy (non-hydrogen) atoms. The summed E-state index contributed by atoms with van der Waals surface area (Å²) >= 11 is 0.